The maximum atomic E-state index is 13.5. The Morgan fingerprint density at radius 1 is 1.21 bits per heavy atom. The van der Waals surface area contributed by atoms with Crippen molar-refractivity contribution >= 4 is 21.8 Å². The van der Waals surface area contributed by atoms with Gasteiger partial charge >= 0.3 is 0 Å². The topological polar surface area (TPSA) is 52.3 Å². The van der Waals surface area contributed by atoms with Crippen LogP contribution in [0.15, 0.2) is 40.9 Å². The number of carbonyl (C=O) groups is 1. The summed E-state index contributed by atoms with van der Waals surface area (Å²) in [5.41, 5.74) is 4.71. The van der Waals surface area contributed by atoms with Crippen LogP contribution < -0.4 is 10.5 Å². The van der Waals surface area contributed by atoms with E-state index in [1.54, 1.807) is 0 Å². The van der Waals surface area contributed by atoms with Crippen LogP contribution in [0, 0.1) is 11.6 Å². The number of amides is 1. The molecule has 1 amide bonds. The summed E-state index contributed by atoms with van der Waals surface area (Å²) in [5.74, 6) is -2.21. The van der Waals surface area contributed by atoms with Crippen molar-refractivity contribution in [2.45, 2.75) is 0 Å². The first kappa shape index (κ1) is 13.5. The van der Waals surface area contributed by atoms with Crippen LogP contribution in [0.25, 0.3) is 0 Å². The van der Waals surface area contributed by atoms with Crippen molar-refractivity contribution < 1.29 is 18.3 Å². The molecule has 2 rings (SSSR count). The van der Waals surface area contributed by atoms with Gasteiger partial charge in [0.2, 0.25) is 0 Å². The number of primary amides is 1. The molecule has 0 aliphatic carbocycles. The molecule has 0 radical (unpaired) electrons. The summed E-state index contributed by atoms with van der Waals surface area (Å²) in [6.45, 7) is 0. The molecule has 2 aromatic rings. The highest BCUT2D eigenvalue weighted by Crippen LogP contribution is 2.29. The molecule has 0 saturated heterocycles. The molecular formula is C13H8BrF2NO2. The fraction of sp³-hybridized carbons (Fsp3) is 0. The molecule has 0 aliphatic rings. The van der Waals surface area contributed by atoms with Crippen LogP contribution in [0.2, 0.25) is 0 Å². The van der Waals surface area contributed by atoms with Crippen molar-refractivity contribution in [1.82, 2.24) is 0 Å². The van der Waals surface area contributed by atoms with E-state index in [-0.39, 0.29) is 17.1 Å². The van der Waals surface area contributed by atoms with E-state index >= 15 is 0 Å². The number of nitrogens with two attached hydrogens (primary N) is 1. The average molecular weight is 328 g/mol. The van der Waals surface area contributed by atoms with Gasteiger partial charge in [-0.25, -0.2) is 8.78 Å². The molecule has 0 heterocycles. The number of rotatable bonds is 3. The molecule has 3 nitrogen and oxygen atoms in total. The minimum Gasteiger partial charge on any atom is -0.456 e. The number of benzene rings is 2. The Labute approximate surface area is 116 Å². The molecule has 0 atom stereocenters. The van der Waals surface area contributed by atoms with Crippen LogP contribution in [-0.4, -0.2) is 5.91 Å². The van der Waals surface area contributed by atoms with E-state index in [1.807, 2.05) is 0 Å². The predicted octanol–water partition coefficient (Wildman–Crippen LogP) is 3.62. The molecule has 0 aromatic heterocycles. The van der Waals surface area contributed by atoms with Crippen molar-refractivity contribution in [3.63, 3.8) is 0 Å². The second-order valence-corrected chi connectivity index (χ2v) is 4.60. The number of carbonyl (C=O) groups excluding carboxylic acids is 1. The van der Waals surface area contributed by atoms with Gasteiger partial charge in [0.1, 0.15) is 28.7 Å². The summed E-state index contributed by atoms with van der Waals surface area (Å²) in [4.78, 5) is 11.2. The highest BCUT2D eigenvalue weighted by atomic mass is 79.9. The van der Waals surface area contributed by atoms with Gasteiger partial charge in [0.15, 0.2) is 0 Å². The summed E-state index contributed by atoms with van der Waals surface area (Å²) in [5, 5.41) is 0. The molecule has 19 heavy (non-hydrogen) atoms. The number of hydrogen-bond acceptors (Lipinski definition) is 2. The summed E-state index contributed by atoms with van der Waals surface area (Å²) < 4.78 is 32.5. The van der Waals surface area contributed by atoms with E-state index < -0.39 is 17.5 Å². The maximum absolute atomic E-state index is 13.5. The minimum absolute atomic E-state index is 0.0648. The Morgan fingerprint density at radius 2 is 1.95 bits per heavy atom. The van der Waals surface area contributed by atoms with Gasteiger partial charge in [-0.3, -0.25) is 4.79 Å². The lowest BCUT2D eigenvalue weighted by atomic mass is 10.2. The van der Waals surface area contributed by atoms with Crippen molar-refractivity contribution in [2.75, 3.05) is 0 Å². The monoisotopic (exact) mass is 327 g/mol. The van der Waals surface area contributed by atoms with Gasteiger partial charge in [0.25, 0.3) is 5.91 Å². The fourth-order valence-electron chi connectivity index (χ4n) is 1.54. The third-order valence-corrected chi connectivity index (χ3v) is 2.74. The Bertz CT molecular complexity index is 626. The highest BCUT2D eigenvalue weighted by molar-refractivity contribution is 9.10. The Morgan fingerprint density at radius 3 is 2.58 bits per heavy atom. The van der Waals surface area contributed by atoms with Gasteiger partial charge in [0, 0.05) is 10.5 Å². The number of hydrogen-bond donors (Lipinski definition) is 1. The Kier molecular flexibility index (Phi) is 3.80. The SMILES string of the molecule is NC(=O)c1c(F)cccc1Oc1cc(F)cc(Br)c1. The fourth-order valence-corrected chi connectivity index (χ4v) is 1.99. The second kappa shape index (κ2) is 5.36. The van der Waals surface area contributed by atoms with Gasteiger partial charge in [-0.1, -0.05) is 22.0 Å². The van der Waals surface area contributed by atoms with Gasteiger partial charge < -0.3 is 10.5 Å². The van der Waals surface area contributed by atoms with Crippen LogP contribution in [0.5, 0.6) is 11.5 Å². The van der Waals surface area contributed by atoms with E-state index in [1.165, 1.54) is 24.3 Å². The average Bonchev–Trinajstić information content (AvgIpc) is 2.26. The molecule has 2 aromatic carbocycles. The van der Waals surface area contributed by atoms with Crippen LogP contribution in [-0.2, 0) is 0 Å². The standard InChI is InChI=1S/C13H8BrF2NO2/c14-7-4-8(15)6-9(5-7)19-11-3-1-2-10(16)12(11)13(17)18/h1-6H,(H2,17,18). The van der Waals surface area contributed by atoms with Crippen LogP contribution in [0.4, 0.5) is 8.78 Å². The Hall–Kier alpha value is -1.95. The van der Waals surface area contributed by atoms with Crippen molar-refractivity contribution in [1.29, 1.82) is 0 Å². The zero-order chi connectivity index (χ0) is 14.0. The summed E-state index contributed by atoms with van der Waals surface area (Å²) in [6, 6.07) is 7.68. The van der Waals surface area contributed by atoms with E-state index in [9.17, 15) is 13.6 Å². The number of halogens is 3. The van der Waals surface area contributed by atoms with Gasteiger partial charge in [-0.05, 0) is 24.3 Å². The van der Waals surface area contributed by atoms with Gasteiger partial charge in [-0.15, -0.1) is 0 Å². The molecule has 0 fully saturated rings. The zero-order valence-electron chi connectivity index (χ0n) is 9.49. The molecule has 0 spiro atoms. The Balaban J connectivity index is 2.43. The lowest BCUT2D eigenvalue weighted by Gasteiger charge is -2.10. The second-order valence-electron chi connectivity index (χ2n) is 3.68. The first-order valence-corrected chi connectivity index (χ1v) is 5.99. The highest BCUT2D eigenvalue weighted by Gasteiger charge is 2.16. The predicted molar refractivity (Wildman–Crippen MR) is 69.1 cm³/mol. The first-order chi connectivity index (χ1) is 8.97. The van der Waals surface area contributed by atoms with Crippen LogP contribution in [0.3, 0.4) is 0 Å². The maximum Gasteiger partial charge on any atom is 0.255 e. The van der Waals surface area contributed by atoms with E-state index in [0.717, 1.165) is 12.1 Å². The van der Waals surface area contributed by atoms with Crippen LogP contribution in [0.1, 0.15) is 10.4 Å². The van der Waals surface area contributed by atoms with Crippen LogP contribution >= 0.6 is 15.9 Å². The molecule has 6 heteroatoms. The summed E-state index contributed by atoms with van der Waals surface area (Å²) >= 11 is 3.10. The quantitative estimate of drug-likeness (QED) is 0.936. The number of ether oxygens (including phenoxy) is 1. The molecule has 0 saturated carbocycles. The van der Waals surface area contributed by atoms with E-state index in [4.69, 9.17) is 10.5 Å². The first-order valence-electron chi connectivity index (χ1n) is 5.19. The lowest BCUT2D eigenvalue weighted by Crippen LogP contribution is -2.14. The third kappa shape index (κ3) is 3.08. The molecule has 98 valence electrons. The van der Waals surface area contributed by atoms with E-state index in [2.05, 4.69) is 15.9 Å². The lowest BCUT2D eigenvalue weighted by molar-refractivity contribution is 0.0994. The molecular weight excluding hydrogens is 320 g/mol. The molecule has 0 aliphatic heterocycles. The smallest absolute Gasteiger partial charge is 0.255 e. The minimum atomic E-state index is -0.955. The summed E-state index contributed by atoms with van der Waals surface area (Å²) in [7, 11) is 0. The van der Waals surface area contributed by atoms with Gasteiger partial charge in [-0.2, -0.15) is 0 Å². The van der Waals surface area contributed by atoms with Crippen molar-refractivity contribution in [2.24, 2.45) is 5.73 Å². The molecule has 0 bridgehead atoms. The van der Waals surface area contributed by atoms with Crippen molar-refractivity contribution in [3.05, 3.63) is 58.1 Å². The van der Waals surface area contributed by atoms with E-state index in [0.29, 0.717) is 4.47 Å². The zero-order valence-corrected chi connectivity index (χ0v) is 11.1. The normalized spacial score (nSPS) is 10.3. The third-order valence-electron chi connectivity index (χ3n) is 2.29. The molecule has 0 unspecified atom stereocenters. The summed E-state index contributed by atoms with van der Waals surface area (Å²) in [6.07, 6.45) is 0. The van der Waals surface area contributed by atoms with Crippen molar-refractivity contribution in [3.8, 4) is 11.5 Å². The van der Waals surface area contributed by atoms with Gasteiger partial charge in [0.05, 0.1) is 0 Å². The largest absolute Gasteiger partial charge is 0.456 e. The molecule has 2 N–H and O–H groups in total.